The van der Waals surface area contributed by atoms with Crippen molar-refractivity contribution in [1.82, 2.24) is 15.3 Å². The zero-order chi connectivity index (χ0) is 14.7. The van der Waals surface area contributed by atoms with E-state index in [1.54, 1.807) is 11.9 Å². The van der Waals surface area contributed by atoms with Crippen LogP contribution < -0.4 is 5.32 Å². The molecule has 1 aliphatic carbocycles. The van der Waals surface area contributed by atoms with Crippen molar-refractivity contribution in [3.8, 4) is 0 Å². The number of nitrogens with zero attached hydrogens (tertiary/aromatic N) is 2. The van der Waals surface area contributed by atoms with Gasteiger partial charge in [-0.05, 0) is 25.7 Å². The molecule has 7 heteroatoms. The third-order valence-electron chi connectivity index (χ3n) is 5.07. The first-order valence-electron chi connectivity index (χ1n) is 7.05. The second kappa shape index (κ2) is 4.35. The molecule has 0 aromatic carbocycles. The highest BCUT2D eigenvalue weighted by Gasteiger charge is 2.58. The van der Waals surface area contributed by atoms with Gasteiger partial charge in [0, 0.05) is 26.2 Å². The number of hydrogen-bond donors (Lipinski definition) is 2. The van der Waals surface area contributed by atoms with Gasteiger partial charge in [-0.1, -0.05) is 0 Å². The first kappa shape index (κ1) is 14.2. The third-order valence-corrected chi connectivity index (χ3v) is 5.07. The number of fused-ring (bicyclic) bond motifs is 1. The fourth-order valence-electron chi connectivity index (χ4n) is 4.01. The standard InChI is InChI=1S/C13H21F2N3O2/c1-12(11(19)20)3-8(4-12)5-18-10-9(6-17(18)2)16-7-13(10,14)15/h8-10,16H,3-7H2,1-2H3,(H,19,20). The molecule has 2 saturated heterocycles. The predicted octanol–water partition coefficient (Wildman–Crippen LogP) is 0.625. The summed E-state index contributed by atoms with van der Waals surface area (Å²) in [5, 5.41) is 15.6. The van der Waals surface area contributed by atoms with Crippen molar-refractivity contribution in [3.05, 3.63) is 0 Å². The van der Waals surface area contributed by atoms with Gasteiger partial charge in [0.2, 0.25) is 0 Å². The summed E-state index contributed by atoms with van der Waals surface area (Å²) in [7, 11) is 1.82. The monoisotopic (exact) mass is 289 g/mol. The van der Waals surface area contributed by atoms with Crippen LogP contribution in [-0.4, -0.2) is 65.8 Å². The Bertz CT molecular complexity index is 426. The number of aliphatic carboxylic acids is 1. The predicted molar refractivity (Wildman–Crippen MR) is 68.3 cm³/mol. The summed E-state index contributed by atoms with van der Waals surface area (Å²) in [4.78, 5) is 11.1. The maximum absolute atomic E-state index is 14.0. The Hall–Kier alpha value is -0.790. The minimum absolute atomic E-state index is 0.189. The molecule has 2 N–H and O–H groups in total. The van der Waals surface area contributed by atoms with Crippen molar-refractivity contribution in [2.75, 3.05) is 26.7 Å². The van der Waals surface area contributed by atoms with Crippen LogP contribution in [0.2, 0.25) is 0 Å². The van der Waals surface area contributed by atoms with Crippen molar-refractivity contribution in [1.29, 1.82) is 0 Å². The van der Waals surface area contributed by atoms with Gasteiger partial charge in [-0.2, -0.15) is 0 Å². The van der Waals surface area contributed by atoms with E-state index < -0.39 is 23.3 Å². The number of halogens is 2. The molecule has 3 aliphatic rings. The van der Waals surface area contributed by atoms with Crippen molar-refractivity contribution in [2.24, 2.45) is 11.3 Å². The minimum atomic E-state index is -2.71. The number of carboxylic acid groups (broad SMARTS) is 1. The molecule has 0 aromatic heterocycles. The summed E-state index contributed by atoms with van der Waals surface area (Å²) in [5.74, 6) is -3.31. The molecular formula is C13H21F2N3O2. The Morgan fingerprint density at radius 2 is 2.10 bits per heavy atom. The molecule has 2 heterocycles. The van der Waals surface area contributed by atoms with Crippen molar-refractivity contribution < 1.29 is 18.7 Å². The van der Waals surface area contributed by atoms with Crippen LogP contribution in [0.5, 0.6) is 0 Å². The fraction of sp³-hybridized carbons (Fsp3) is 0.923. The maximum Gasteiger partial charge on any atom is 0.309 e. The van der Waals surface area contributed by atoms with Crippen LogP contribution in [0, 0.1) is 11.3 Å². The number of carboxylic acids is 1. The van der Waals surface area contributed by atoms with E-state index in [-0.39, 0.29) is 18.5 Å². The lowest BCUT2D eigenvalue weighted by Gasteiger charge is -2.45. The minimum Gasteiger partial charge on any atom is -0.481 e. The first-order chi connectivity index (χ1) is 9.23. The lowest BCUT2D eigenvalue weighted by Crippen LogP contribution is -2.53. The Labute approximate surface area is 116 Å². The molecule has 0 aromatic rings. The van der Waals surface area contributed by atoms with Gasteiger partial charge in [0.05, 0.1) is 12.0 Å². The molecule has 2 atom stereocenters. The van der Waals surface area contributed by atoms with Gasteiger partial charge < -0.3 is 10.4 Å². The van der Waals surface area contributed by atoms with Gasteiger partial charge in [0.15, 0.2) is 0 Å². The lowest BCUT2D eigenvalue weighted by atomic mass is 9.63. The topological polar surface area (TPSA) is 55.8 Å². The number of carbonyl (C=O) groups is 1. The fourth-order valence-corrected chi connectivity index (χ4v) is 4.01. The van der Waals surface area contributed by atoms with Crippen molar-refractivity contribution in [2.45, 2.75) is 37.8 Å². The summed E-state index contributed by atoms with van der Waals surface area (Å²) in [6.45, 7) is 2.58. The molecule has 0 radical (unpaired) electrons. The van der Waals surface area contributed by atoms with E-state index >= 15 is 0 Å². The number of hydrazine groups is 1. The van der Waals surface area contributed by atoms with Crippen LogP contribution in [0.1, 0.15) is 19.8 Å². The Kier molecular flexibility index (Phi) is 3.08. The highest BCUT2D eigenvalue weighted by atomic mass is 19.3. The highest BCUT2D eigenvalue weighted by Crippen LogP contribution is 2.47. The molecule has 2 aliphatic heterocycles. The van der Waals surface area contributed by atoms with E-state index in [1.807, 2.05) is 12.1 Å². The van der Waals surface area contributed by atoms with Crippen LogP contribution in [0.25, 0.3) is 0 Å². The second-order valence-electron chi connectivity index (χ2n) is 6.80. The van der Waals surface area contributed by atoms with Gasteiger partial charge in [0.1, 0.15) is 6.04 Å². The van der Waals surface area contributed by atoms with E-state index in [4.69, 9.17) is 5.11 Å². The molecule has 5 nitrogen and oxygen atoms in total. The third kappa shape index (κ3) is 2.03. The van der Waals surface area contributed by atoms with E-state index in [0.29, 0.717) is 25.9 Å². The smallest absolute Gasteiger partial charge is 0.309 e. The number of alkyl halides is 2. The molecular weight excluding hydrogens is 268 g/mol. The average molecular weight is 289 g/mol. The van der Waals surface area contributed by atoms with Crippen LogP contribution >= 0.6 is 0 Å². The average Bonchev–Trinajstić information content (AvgIpc) is 2.76. The van der Waals surface area contributed by atoms with Crippen LogP contribution in [0.15, 0.2) is 0 Å². The van der Waals surface area contributed by atoms with Crippen LogP contribution in [0.3, 0.4) is 0 Å². The molecule has 20 heavy (non-hydrogen) atoms. The Morgan fingerprint density at radius 1 is 1.45 bits per heavy atom. The maximum atomic E-state index is 14.0. The number of nitrogens with one attached hydrogen (secondary N) is 1. The van der Waals surface area contributed by atoms with Crippen LogP contribution in [0.4, 0.5) is 8.78 Å². The number of likely N-dealkylation sites (N-methyl/N-ethyl adjacent to an activating group) is 1. The van der Waals surface area contributed by atoms with E-state index in [2.05, 4.69) is 5.32 Å². The highest BCUT2D eigenvalue weighted by molar-refractivity contribution is 5.75. The van der Waals surface area contributed by atoms with Gasteiger partial charge >= 0.3 is 5.97 Å². The first-order valence-corrected chi connectivity index (χ1v) is 7.05. The van der Waals surface area contributed by atoms with Gasteiger partial charge in [-0.15, -0.1) is 0 Å². The molecule has 0 amide bonds. The van der Waals surface area contributed by atoms with Gasteiger partial charge in [-0.3, -0.25) is 4.79 Å². The van der Waals surface area contributed by atoms with Crippen molar-refractivity contribution in [3.63, 3.8) is 0 Å². The van der Waals surface area contributed by atoms with Gasteiger partial charge in [0.25, 0.3) is 5.92 Å². The summed E-state index contributed by atoms with van der Waals surface area (Å²) in [6, 6.07) is -0.981. The molecule has 0 spiro atoms. The summed E-state index contributed by atoms with van der Waals surface area (Å²) in [5.41, 5.74) is -0.668. The summed E-state index contributed by atoms with van der Waals surface area (Å²) in [6.07, 6.45) is 1.14. The zero-order valence-corrected chi connectivity index (χ0v) is 11.8. The summed E-state index contributed by atoms with van der Waals surface area (Å²) < 4.78 is 27.9. The Morgan fingerprint density at radius 3 is 2.70 bits per heavy atom. The number of hydrogen-bond acceptors (Lipinski definition) is 4. The SMILES string of the molecule is CN1CC2NCC(F)(F)C2N1CC1CC(C)(C(=O)O)C1. The second-order valence-corrected chi connectivity index (χ2v) is 6.80. The van der Waals surface area contributed by atoms with Crippen molar-refractivity contribution >= 4 is 5.97 Å². The van der Waals surface area contributed by atoms with Crippen LogP contribution in [-0.2, 0) is 4.79 Å². The molecule has 1 saturated carbocycles. The number of rotatable bonds is 3. The van der Waals surface area contributed by atoms with E-state index in [9.17, 15) is 13.6 Å². The Balaban J connectivity index is 1.65. The molecule has 114 valence electrons. The van der Waals surface area contributed by atoms with E-state index in [0.717, 1.165) is 0 Å². The summed E-state index contributed by atoms with van der Waals surface area (Å²) >= 11 is 0. The van der Waals surface area contributed by atoms with Gasteiger partial charge in [-0.25, -0.2) is 18.8 Å². The molecule has 3 rings (SSSR count). The molecule has 3 fully saturated rings. The van der Waals surface area contributed by atoms with E-state index in [1.165, 1.54) is 0 Å². The molecule has 2 unspecified atom stereocenters. The largest absolute Gasteiger partial charge is 0.481 e. The quantitative estimate of drug-likeness (QED) is 0.798. The lowest BCUT2D eigenvalue weighted by molar-refractivity contribution is -0.160. The zero-order valence-electron chi connectivity index (χ0n) is 11.8. The normalized spacial score (nSPS) is 44.3. The molecule has 0 bridgehead atoms.